The average Bonchev–Trinajstić information content (AvgIpc) is 2.40. The van der Waals surface area contributed by atoms with Crippen LogP contribution in [0.25, 0.3) is 0 Å². The molecule has 0 aromatic carbocycles. The summed E-state index contributed by atoms with van der Waals surface area (Å²) in [6.45, 7) is 15.1. The Hall–Kier alpha value is 0. The van der Waals surface area contributed by atoms with E-state index in [1.54, 1.807) is 0 Å². The lowest BCUT2D eigenvalue weighted by Crippen LogP contribution is -2.36. The van der Waals surface area contributed by atoms with Crippen molar-refractivity contribution in [2.24, 2.45) is 47.3 Å². The molecule has 0 N–H and O–H groups in total. The van der Waals surface area contributed by atoms with Gasteiger partial charge in [-0.1, -0.05) is 60.8 Å². The van der Waals surface area contributed by atoms with Gasteiger partial charge < -0.3 is 0 Å². The summed E-state index contributed by atoms with van der Waals surface area (Å²) in [5.74, 6) is 7.68. The van der Waals surface area contributed by atoms with E-state index < -0.39 is 0 Å². The SMILES string of the molecule is CC1CCC(C(C)C(C)C2CC(C)CCC2C)C(C)C1. The Bertz CT molecular complexity index is 294. The molecule has 8 unspecified atom stereocenters. The first kappa shape index (κ1) is 16.4. The molecule has 0 heterocycles. The van der Waals surface area contributed by atoms with Crippen molar-refractivity contribution >= 4 is 0 Å². The van der Waals surface area contributed by atoms with Crippen molar-refractivity contribution in [3.05, 3.63) is 0 Å². The minimum absolute atomic E-state index is 0.925. The van der Waals surface area contributed by atoms with E-state index in [-0.39, 0.29) is 0 Å². The summed E-state index contributed by atoms with van der Waals surface area (Å²) in [6.07, 6.45) is 8.87. The van der Waals surface area contributed by atoms with Gasteiger partial charge in [0.15, 0.2) is 0 Å². The van der Waals surface area contributed by atoms with E-state index >= 15 is 0 Å². The van der Waals surface area contributed by atoms with E-state index in [1.807, 2.05) is 0 Å². The Morgan fingerprint density at radius 2 is 1.15 bits per heavy atom. The van der Waals surface area contributed by atoms with Gasteiger partial charge in [-0.05, 0) is 66.6 Å². The van der Waals surface area contributed by atoms with E-state index in [2.05, 4.69) is 41.5 Å². The van der Waals surface area contributed by atoms with Gasteiger partial charge in [-0.25, -0.2) is 0 Å². The molecule has 0 saturated heterocycles. The van der Waals surface area contributed by atoms with Crippen LogP contribution in [0, 0.1) is 47.3 Å². The highest BCUT2D eigenvalue weighted by molar-refractivity contribution is 4.87. The van der Waals surface area contributed by atoms with E-state index in [9.17, 15) is 0 Å². The summed E-state index contributed by atoms with van der Waals surface area (Å²) >= 11 is 0. The molecule has 2 fully saturated rings. The number of hydrogen-bond acceptors (Lipinski definition) is 0. The first-order chi connectivity index (χ1) is 9.40. The average molecular weight is 279 g/mol. The highest BCUT2D eigenvalue weighted by Crippen LogP contribution is 2.46. The molecule has 0 aromatic heterocycles. The molecule has 0 aromatic rings. The molecule has 0 radical (unpaired) electrons. The second kappa shape index (κ2) is 6.84. The molecule has 0 aliphatic heterocycles. The molecule has 0 nitrogen and oxygen atoms in total. The molecule has 2 aliphatic carbocycles. The largest absolute Gasteiger partial charge is 0.0625 e. The van der Waals surface area contributed by atoms with Crippen molar-refractivity contribution in [1.29, 1.82) is 0 Å². The molecule has 2 aliphatic rings. The lowest BCUT2D eigenvalue weighted by Gasteiger charge is -2.44. The van der Waals surface area contributed by atoms with Crippen molar-refractivity contribution in [2.75, 3.05) is 0 Å². The molecular weight excluding hydrogens is 240 g/mol. The van der Waals surface area contributed by atoms with Crippen molar-refractivity contribution in [3.63, 3.8) is 0 Å². The third-order valence-electron chi connectivity index (χ3n) is 7.20. The van der Waals surface area contributed by atoms with Crippen molar-refractivity contribution in [3.8, 4) is 0 Å². The lowest BCUT2D eigenvalue weighted by atomic mass is 9.61. The molecule has 2 rings (SSSR count). The summed E-state index contributed by atoms with van der Waals surface area (Å²) in [5, 5.41) is 0. The first-order valence-electron chi connectivity index (χ1n) is 9.40. The molecule has 0 amide bonds. The third kappa shape index (κ3) is 3.60. The highest BCUT2D eigenvalue weighted by atomic mass is 14.4. The van der Waals surface area contributed by atoms with Gasteiger partial charge in [-0.2, -0.15) is 0 Å². The van der Waals surface area contributed by atoms with Gasteiger partial charge in [-0.3, -0.25) is 0 Å². The van der Waals surface area contributed by atoms with Crippen molar-refractivity contribution in [1.82, 2.24) is 0 Å². The van der Waals surface area contributed by atoms with Crippen LogP contribution in [0.2, 0.25) is 0 Å². The molecular formula is C20H38. The molecule has 0 heteroatoms. The predicted octanol–water partition coefficient (Wildman–Crippen LogP) is 6.40. The highest BCUT2D eigenvalue weighted by Gasteiger charge is 2.37. The van der Waals surface area contributed by atoms with Gasteiger partial charge in [0.05, 0.1) is 0 Å². The lowest BCUT2D eigenvalue weighted by molar-refractivity contribution is 0.0529. The summed E-state index contributed by atoms with van der Waals surface area (Å²) in [4.78, 5) is 0. The molecule has 0 bridgehead atoms. The second-order valence-corrected chi connectivity index (χ2v) is 8.84. The first-order valence-corrected chi connectivity index (χ1v) is 9.40. The minimum atomic E-state index is 0.925. The minimum Gasteiger partial charge on any atom is -0.0625 e. The Balaban J connectivity index is 1.98. The van der Waals surface area contributed by atoms with E-state index in [0.29, 0.717) is 0 Å². The van der Waals surface area contributed by atoms with Crippen LogP contribution >= 0.6 is 0 Å². The van der Waals surface area contributed by atoms with Crippen LogP contribution in [-0.2, 0) is 0 Å². The topological polar surface area (TPSA) is 0 Å². The van der Waals surface area contributed by atoms with Crippen LogP contribution in [0.5, 0.6) is 0 Å². The molecule has 2 saturated carbocycles. The molecule has 8 atom stereocenters. The van der Waals surface area contributed by atoms with E-state index in [0.717, 1.165) is 47.3 Å². The van der Waals surface area contributed by atoms with Gasteiger partial charge >= 0.3 is 0 Å². The van der Waals surface area contributed by atoms with Crippen LogP contribution in [0.4, 0.5) is 0 Å². The Labute approximate surface area is 128 Å². The molecule has 20 heavy (non-hydrogen) atoms. The van der Waals surface area contributed by atoms with Gasteiger partial charge in [-0.15, -0.1) is 0 Å². The maximum atomic E-state index is 2.58. The Morgan fingerprint density at radius 3 is 1.80 bits per heavy atom. The standard InChI is InChI=1S/C20H38/c1-13-8-10-19(16(4)11-13)17(5)18(6)20-12-14(2)7-9-15(20)3/h13-20H,7-12H2,1-6H3. The monoisotopic (exact) mass is 278 g/mol. The third-order valence-corrected chi connectivity index (χ3v) is 7.20. The zero-order valence-corrected chi connectivity index (χ0v) is 14.9. The summed E-state index contributed by atoms with van der Waals surface area (Å²) < 4.78 is 0. The van der Waals surface area contributed by atoms with E-state index in [4.69, 9.17) is 0 Å². The van der Waals surface area contributed by atoms with Gasteiger partial charge in [0.2, 0.25) is 0 Å². The van der Waals surface area contributed by atoms with E-state index in [1.165, 1.54) is 38.5 Å². The van der Waals surface area contributed by atoms with Crippen LogP contribution in [0.3, 0.4) is 0 Å². The number of rotatable bonds is 3. The fraction of sp³-hybridized carbons (Fsp3) is 1.00. The normalized spacial score (nSPS) is 45.9. The fourth-order valence-corrected chi connectivity index (χ4v) is 5.56. The summed E-state index contributed by atoms with van der Waals surface area (Å²) in [5.41, 5.74) is 0. The van der Waals surface area contributed by atoms with Gasteiger partial charge in [0, 0.05) is 0 Å². The van der Waals surface area contributed by atoms with Gasteiger partial charge in [0.1, 0.15) is 0 Å². The molecule has 0 spiro atoms. The summed E-state index contributed by atoms with van der Waals surface area (Å²) in [6, 6.07) is 0. The Morgan fingerprint density at radius 1 is 0.600 bits per heavy atom. The smallest absolute Gasteiger partial charge is 0.0358 e. The quantitative estimate of drug-likeness (QED) is 0.560. The van der Waals surface area contributed by atoms with Crippen LogP contribution in [0.15, 0.2) is 0 Å². The van der Waals surface area contributed by atoms with Crippen molar-refractivity contribution in [2.45, 2.75) is 80.1 Å². The van der Waals surface area contributed by atoms with Gasteiger partial charge in [0.25, 0.3) is 0 Å². The van der Waals surface area contributed by atoms with Crippen LogP contribution in [0.1, 0.15) is 80.1 Å². The fourth-order valence-electron chi connectivity index (χ4n) is 5.56. The van der Waals surface area contributed by atoms with Crippen LogP contribution < -0.4 is 0 Å². The van der Waals surface area contributed by atoms with Crippen LogP contribution in [-0.4, -0.2) is 0 Å². The maximum absolute atomic E-state index is 2.58. The second-order valence-electron chi connectivity index (χ2n) is 8.84. The zero-order chi connectivity index (χ0) is 14.9. The predicted molar refractivity (Wildman–Crippen MR) is 89.7 cm³/mol. The zero-order valence-electron chi connectivity index (χ0n) is 14.9. The summed E-state index contributed by atoms with van der Waals surface area (Å²) in [7, 11) is 0. The Kier molecular flexibility index (Phi) is 5.60. The maximum Gasteiger partial charge on any atom is -0.0358 e. The van der Waals surface area contributed by atoms with Crippen molar-refractivity contribution < 1.29 is 0 Å². The molecule has 118 valence electrons. The number of hydrogen-bond donors (Lipinski definition) is 0.